The molecule has 102 valence electrons. The number of hydrogen-bond acceptors (Lipinski definition) is 3. The summed E-state index contributed by atoms with van der Waals surface area (Å²) in [7, 11) is 0. The number of hydrazine groups is 1. The van der Waals surface area contributed by atoms with Gasteiger partial charge in [0.25, 0.3) is 0 Å². The number of hydrogen-bond donors (Lipinski definition) is 2. The van der Waals surface area contributed by atoms with Crippen molar-refractivity contribution in [3.8, 4) is 0 Å². The van der Waals surface area contributed by atoms with E-state index in [-0.39, 0.29) is 11.9 Å². The first-order valence-electron chi connectivity index (χ1n) is 6.39. The predicted octanol–water partition coefficient (Wildman–Crippen LogP) is 3.43. The second-order valence-electron chi connectivity index (χ2n) is 4.79. The maximum absolute atomic E-state index is 13.4. The number of furan rings is 1. The van der Waals surface area contributed by atoms with Gasteiger partial charge in [0.15, 0.2) is 0 Å². The molecule has 1 atom stereocenters. The van der Waals surface area contributed by atoms with E-state index >= 15 is 0 Å². The molecule has 3 aromatic rings. The standard InChI is InChI=1S/C16H15FN2O/c1-10-8-12(6-7-13(10)17)16(19-18)15-9-11-4-2-3-5-14(11)20-15/h2-9,16,19H,18H2,1H3. The lowest BCUT2D eigenvalue weighted by molar-refractivity contribution is 0.476. The molecule has 1 aromatic heterocycles. The SMILES string of the molecule is Cc1cc(C(NN)c2cc3ccccc3o2)ccc1F. The van der Waals surface area contributed by atoms with Crippen molar-refractivity contribution in [3.05, 3.63) is 71.2 Å². The molecule has 0 aliphatic heterocycles. The van der Waals surface area contributed by atoms with Gasteiger partial charge in [-0.15, -0.1) is 0 Å². The highest BCUT2D eigenvalue weighted by Gasteiger charge is 2.17. The molecule has 3 rings (SSSR count). The minimum atomic E-state index is -0.304. The number of para-hydroxylation sites is 1. The Labute approximate surface area is 116 Å². The van der Waals surface area contributed by atoms with Gasteiger partial charge in [-0.2, -0.15) is 0 Å². The molecule has 2 aromatic carbocycles. The van der Waals surface area contributed by atoms with Crippen LogP contribution in [0.1, 0.15) is 22.9 Å². The third-order valence-corrected chi connectivity index (χ3v) is 3.41. The normalized spacial score (nSPS) is 12.8. The van der Waals surface area contributed by atoms with Crippen LogP contribution in [0.2, 0.25) is 0 Å². The number of nitrogens with two attached hydrogens (primary N) is 1. The summed E-state index contributed by atoms with van der Waals surface area (Å²) in [4.78, 5) is 0. The van der Waals surface area contributed by atoms with E-state index in [9.17, 15) is 4.39 Å². The fraction of sp³-hybridized carbons (Fsp3) is 0.125. The molecule has 0 saturated carbocycles. The van der Waals surface area contributed by atoms with E-state index in [1.165, 1.54) is 6.07 Å². The van der Waals surface area contributed by atoms with Gasteiger partial charge in [-0.1, -0.05) is 30.3 Å². The number of nitrogens with one attached hydrogen (secondary N) is 1. The van der Waals surface area contributed by atoms with Crippen LogP contribution in [0.5, 0.6) is 0 Å². The van der Waals surface area contributed by atoms with Gasteiger partial charge in [-0.25, -0.2) is 9.82 Å². The van der Waals surface area contributed by atoms with Crippen LogP contribution in [0.3, 0.4) is 0 Å². The van der Waals surface area contributed by atoms with Crippen molar-refractivity contribution in [1.82, 2.24) is 5.43 Å². The summed E-state index contributed by atoms with van der Waals surface area (Å²) in [6, 6.07) is 14.3. The fourth-order valence-electron chi connectivity index (χ4n) is 2.33. The first-order chi connectivity index (χ1) is 9.69. The summed E-state index contributed by atoms with van der Waals surface area (Å²) in [5.41, 5.74) is 4.98. The molecule has 20 heavy (non-hydrogen) atoms. The van der Waals surface area contributed by atoms with E-state index in [4.69, 9.17) is 10.3 Å². The van der Waals surface area contributed by atoms with E-state index in [1.54, 1.807) is 19.1 Å². The summed E-state index contributed by atoms with van der Waals surface area (Å²) < 4.78 is 19.2. The highest BCUT2D eigenvalue weighted by molar-refractivity contribution is 5.77. The predicted molar refractivity (Wildman–Crippen MR) is 76.5 cm³/mol. The maximum Gasteiger partial charge on any atom is 0.134 e. The summed E-state index contributed by atoms with van der Waals surface area (Å²) in [5.74, 6) is 6.12. The maximum atomic E-state index is 13.4. The van der Waals surface area contributed by atoms with Crippen molar-refractivity contribution >= 4 is 11.0 Å². The van der Waals surface area contributed by atoms with Crippen LogP contribution in [0.15, 0.2) is 52.9 Å². The van der Waals surface area contributed by atoms with Crippen LogP contribution in [0.25, 0.3) is 11.0 Å². The number of fused-ring (bicyclic) bond motifs is 1. The van der Waals surface area contributed by atoms with E-state index < -0.39 is 0 Å². The number of rotatable bonds is 3. The molecular weight excluding hydrogens is 255 g/mol. The lowest BCUT2D eigenvalue weighted by Crippen LogP contribution is -2.28. The van der Waals surface area contributed by atoms with Crippen LogP contribution in [-0.2, 0) is 0 Å². The average molecular weight is 270 g/mol. The van der Waals surface area contributed by atoms with Crippen LogP contribution in [0, 0.1) is 12.7 Å². The Hall–Kier alpha value is -2.17. The highest BCUT2D eigenvalue weighted by atomic mass is 19.1. The van der Waals surface area contributed by atoms with Gasteiger partial charge in [0.05, 0.1) is 0 Å². The first-order valence-corrected chi connectivity index (χ1v) is 6.39. The molecule has 3 nitrogen and oxygen atoms in total. The Morgan fingerprint density at radius 3 is 2.65 bits per heavy atom. The molecule has 0 aliphatic carbocycles. The smallest absolute Gasteiger partial charge is 0.134 e. The van der Waals surface area contributed by atoms with Crippen molar-refractivity contribution in [1.29, 1.82) is 0 Å². The van der Waals surface area contributed by atoms with Gasteiger partial charge in [-0.05, 0) is 36.2 Å². The van der Waals surface area contributed by atoms with Crippen molar-refractivity contribution in [2.24, 2.45) is 5.84 Å². The topological polar surface area (TPSA) is 51.2 Å². The molecule has 0 spiro atoms. The summed E-state index contributed by atoms with van der Waals surface area (Å²) in [6.45, 7) is 1.73. The third-order valence-electron chi connectivity index (χ3n) is 3.41. The quantitative estimate of drug-likeness (QED) is 0.566. The van der Waals surface area contributed by atoms with Crippen LogP contribution in [-0.4, -0.2) is 0 Å². The average Bonchev–Trinajstić information content (AvgIpc) is 2.87. The molecule has 0 aliphatic rings. The molecule has 4 heteroatoms. The van der Waals surface area contributed by atoms with Gasteiger partial charge >= 0.3 is 0 Å². The monoisotopic (exact) mass is 270 g/mol. The zero-order chi connectivity index (χ0) is 14.1. The van der Waals surface area contributed by atoms with Gasteiger partial charge in [-0.3, -0.25) is 5.84 Å². The van der Waals surface area contributed by atoms with Crippen LogP contribution >= 0.6 is 0 Å². The van der Waals surface area contributed by atoms with Gasteiger partial charge < -0.3 is 4.42 Å². The van der Waals surface area contributed by atoms with Crippen molar-refractivity contribution in [3.63, 3.8) is 0 Å². The minimum absolute atomic E-state index is 0.228. The van der Waals surface area contributed by atoms with Crippen molar-refractivity contribution in [2.45, 2.75) is 13.0 Å². The van der Waals surface area contributed by atoms with Gasteiger partial charge in [0.1, 0.15) is 23.2 Å². The van der Waals surface area contributed by atoms with Crippen LogP contribution < -0.4 is 11.3 Å². The Kier molecular flexibility index (Phi) is 3.26. The van der Waals surface area contributed by atoms with E-state index in [0.29, 0.717) is 11.3 Å². The van der Waals surface area contributed by atoms with Gasteiger partial charge in [0, 0.05) is 5.39 Å². The van der Waals surface area contributed by atoms with Crippen LogP contribution in [0.4, 0.5) is 4.39 Å². The highest BCUT2D eigenvalue weighted by Crippen LogP contribution is 2.28. The molecule has 3 N–H and O–H groups in total. The number of benzene rings is 2. The molecule has 0 fully saturated rings. The number of halogens is 1. The lowest BCUT2D eigenvalue weighted by Gasteiger charge is -2.14. The first kappa shape index (κ1) is 12.8. The zero-order valence-electron chi connectivity index (χ0n) is 11.1. The molecular formula is C16H15FN2O. The summed E-state index contributed by atoms with van der Waals surface area (Å²) in [5, 5.41) is 1.02. The second-order valence-corrected chi connectivity index (χ2v) is 4.79. The van der Waals surface area contributed by atoms with E-state index in [0.717, 1.165) is 16.5 Å². The Bertz CT molecular complexity index is 718. The molecule has 0 saturated heterocycles. The van der Waals surface area contributed by atoms with Gasteiger partial charge in [0.2, 0.25) is 0 Å². The molecule has 0 radical (unpaired) electrons. The molecule has 1 unspecified atom stereocenters. The van der Waals surface area contributed by atoms with E-state index in [2.05, 4.69) is 5.43 Å². The summed E-state index contributed by atoms with van der Waals surface area (Å²) >= 11 is 0. The zero-order valence-corrected chi connectivity index (χ0v) is 11.1. The van der Waals surface area contributed by atoms with Crippen molar-refractivity contribution in [2.75, 3.05) is 0 Å². The number of aryl methyl sites for hydroxylation is 1. The lowest BCUT2D eigenvalue weighted by atomic mass is 10.0. The van der Waals surface area contributed by atoms with E-state index in [1.807, 2.05) is 30.3 Å². The third kappa shape index (κ3) is 2.19. The molecule has 0 bridgehead atoms. The summed E-state index contributed by atoms with van der Waals surface area (Å²) in [6.07, 6.45) is 0. The Balaban J connectivity index is 2.06. The largest absolute Gasteiger partial charge is 0.459 e. The minimum Gasteiger partial charge on any atom is -0.459 e. The molecule has 0 amide bonds. The Morgan fingerprint density at radius 1 is 1.15 bits per heavy atom. The van der Waals surface area contributed by atoms with Crippen molar-refractivity contribution < 1.29 is 8.81 Å². The molecule has 1 heterocycles. The second kappa shape index (κ2) is 5.07. The Morgan fingerprint density at radius 2 is 1.95 bits per heavy atom. The fourth-order valence-corrected chi connectivity index (χ4v) is 2.33.